The molecule has 0 radical (unpaired) electrons. The number of anilines is 2. The van der Waals surface area contributed by atoms with Gasteiger partial charge in [-0.25, -0.2) is 9.97 Å². The Morgan fingerprint density at radius 2 is 1.84 bits per heavy atom. The predicted octanol–water partition coefficient (Wildman–Crippen LogP) is 5.47. The van der Waals surface area contributed by atoms with Gasteiger partial charge in [-0.3, -0.25) is 4.79 Å². The number of hydrogen-bond acceptors (Lipinski definition) is 4. The summed E-state index contributed by atoms with van der Waals surface area (Å²) in [6.45, 7) is 0. The molecule has 1 aliphatic rings. The molecule has 0 spiro atoms. The molecule has 5 rings (SSSR count). The van der Waals surface area contributed by atoms with E-state index in [-0.39, 0.29) is 5.56 Å². The standard InChI is InChI=1S/C23H18F3N5O/c24-23(25,26)15-5-1-4-14(11-15)22(32)29-17-6-2-3-13(12-17)20-30-18-9-10-27-19(18)21(31-20)28-16-7-8-16/h1-6,9-12,16,27H,7-8H2,(H,29,32)(H,28,30,31). The number of benzene rings is 2. The number of carbonyl (C=O) groups excluding carboxylic acids is 1. The van der Waals surface area contributed by atoms with Crippen LogP contribution in [0, 0.1) is 0 Å². The maximum atomic E-state index is 12.9. The highest BCUT2D eigenvalue weighted by atomic mass is 19.4. The molecule has 3 N–H and O–H groups in total. The van der Waals surface area contributed by atoms with E-state index < -0.39 is 17.6 Å². The Kier molecular flexibility index (Phi) is 4.80. The van der Waals surface area contributed by atoms with Gasteiger partial charge in [0.2, 0.25) is 0 Å². The number of fused-ring (bicyclic) bond motifs is 1. The smallest absolute Gasteiger partial charge is 0.365 e. The number of amides is 1. The molecule has 1 aliphatic carbocycles. The fraction of sp³-hybridized carbons (Fsp3) is 0.174. The molecule has 1 fully saturated rings. The Labute approximate surface area is 180 Å². The maximum absolute atomic E-state index is 12.9. The summed E-state index contributed by atoms with van der Waals surface area (Å²) in [7, 11) is 0. The summed E-state index contributed by atoms with van der Waals surface area (Å²) in [6, 6.07) is 13.5. The van der Waals surface area contributed by atoms with Crippen LogP contribution in [0.25, 0.3) is 22.4 Å². The lowest BCUT2D eigenvalue weighted by molar-refractivity contribution is -0.137. The third-order valence-electron chi connectivity index (χ3n) is 5.15. The van der Waals surface area contributed by atoms with Crippen molar-refractivity contribution in [3.63, 3.8) is 0 Å². The van der Waals surface area contributed by atoms with Gasteiger partial charge in [0.25, 0.3) is 5.91 Å². The van der Waals surface area contributed by atoms with Crippen LogP contribution in [0.3, 0.4) is 0 Å². The number of aromatic nitrogens is 3. The number of hydrogen-bond donors (Lipinski definition) is 3. The Bertz CT molecular complexity index is 1310. The lowest BCUT2D eigenvalue weighted by Gasteiger charge is -2.11. The first kappa shape index (κ1) is 20.0. The summed E-state index contributed by atoms with van der Waals surface area (Å²) in [5, 5.41) is 6.05. The zero-order valence-electron chi connectivity index (χ0n) is 16.7. The molecule has 2 aromatic carbocycles. The number of aromatic amines is 1. The molecular formula is C23H18F3N5O. The zero-order valence-corrected chi connectivity index (χ0v) is 16.7. The monoisotopic (exact) mass is 437 g/mol. The number of rotatable bonds is 5. The minimum atomic E-state index is -4.52. The van der Waals surface area contributed by atoms with Crippen LogP contribution in [0.2, 0.25) is 0 Å². The Hall–Kier alpha value is -3.88. The van der Waals surface area contributed by atoms with E-state index in [0.29, 0.717) is 23.1 Å². The molecule has 162 valence electrons. The van der Waals surface area contributed by atoms with Crippen molar-refractivity contribution in [1.82, 2.24) is 15.0 Å². The molecule has 2 heterocycles. The van der Waals surface area contributed by atoms with Crippen molar-refractivity contribution in [3.05, 3.63) is 71.9 Å². The predicted molar refractivity (Wildman–Crippen MR) is 115 cm³/mol. The van der Waals surface area contributed by atoms with Crippen molar-refractivity contribution in [1.29, 1.82) is 0 Å². The van der Waals surface area contributed by atoms with E-state index in [1.807, 2.05) is 12.1 Å². The van der Waals surface area contributed by atoms with E-state index in [2.05, 4.69) is 25.6 Å². The summed E-state index contributed by atoms with van der Waals surface area (Å²) in [5.74, 6) is 0.567. The first-order chi connectivity index (χ1) is 15.4. The number of nitrogens with one attached hydrogen (secondary N) is 3. The topological polar surface area (TPSA) is 82.7 Å². The average molecular weight is 437 g/mol. The van der Waals surface area contributed by atoms with Gasteiger partial charge >= 0.3 is 6.18 Å². The van der Waals surface area contributed by atoms with E-state index in [9.17, 15) is 18.0 Å². The van der Waals surface area contributed by atoms with Crippen molar-refractivity contribution >= 4 is 28.4 Å². The van der Waals surface area contributed by atoms with Crippen LogP contribution in [0.4, 0.5) is 24.7 Å². The second-order valence-electron chi connectivity index (χ2n) is 7.67. The minimum Gasteiger partial charge on any atom is -0.365 e. The first-order valence-corrected chi connectivity index (χ1v) is 10.1. The summed E-state index contributed by atoms with van der Waals surface area (Å²) < 4.78 is 38.8. The largest absolute Gasteiger partial charge is 0.416 e. The third-order valence-corrected chi connectivity index (χ3v) is 5.15. The van der Waals surface area contributed by atoms with E-state index in [4.69, 9.17) is 0 Å². The highest BCUT2D eigenvalue weighted by Crippen LogP contribution is 2.31. The molecule has 1 amide bonds. The maximum Gasteiger partial charge on any atom is 0.416 e. The molecule has 9 heteroatoms. The van der Waals surface area contributed by atoms with Crippen LogP contribution in [0.5, 0.6) is 0 Å². The van der Waals surface area contributed by atoms with Gasteiger partial charge in [0.15, 0.2) is 11.6 Å². The Balaban J connectivity index is 1.42. The fourth-order valence-corrected chi connectivity index (χ4v) is 3.38. The number of H-pyrrole nitrogens is 1. The Morgan fingerprint density at radius 1 is 1.03 bits per heavy atom. The quantitative estimate of drug-likeness (QED) is 0.387. The van der Waals surface area contributed by atoms with Crippen LogP contribution in [0.15, 0.2) is 60.8 Å². The second-order valence-corrected chi connectivity index (χ2v) is 7.67. The van der Waals surface area contributed by atoms with Gasteiger partial charge in [-0.05, 0) is 49.2 Å². The van der Waals surface area contributed by atoms with E-state index in [0.717, 1.165) is 41.8 Å². The van der Waals surface area contributed by atoms with Gasteiger partial charge in [-0.2, -0.15) is 13.2 Å². The van der Waals surface area contributed by atoms with E-state index >= 15 is 0 Å². The number of halogens is 3. The molecule has 1 saturated carbocycles. The second kappa shape index (κ2) is 7.67. The Morgan fingerprint density at radius 3 is 2.62 bits per heavy atom. The molecule has 4 aromatic rings. The fourth-order valence-electron chi connectivity index (χ4n) is 3.38. The van der Waals surface area contributed by atoms with E-state index in [1.165, 1.54) is 12.1 Å². The summed E-state index contributed by atoms with van der Waals surface area (Å²) in [6.07, 6.45) is -0.527. The number of alkyl halides is 3. The van der Waals surface area contributed by atoms with Crippen LogP contribution < -0.4 is 10.6 Å². The summed E-state index contributed by atoms with van der Waals surface area (Å²) in [5.41, 5.74) is 1.74. The molecule has 0 saturated heterocycles. The van der Waals surface area contributed by atoms with Crippen molar-refractivity contribution in [3.8, 4) is 11.4 Å². The molecule has 0 atom stereocenters. The van der Waals surface area contributed by atoms with Crippen LogP contribution >= 0.6 is 0 Å². The van der Waals surface area contributed by atoms with Crippen LogP contribution in [-0.4, -0.2) is 26.9 Å². The summed E-state index contributed by atoms with van der Waals surface area (Å²) in [4.78, 5) is 24.9. The van der Waals surface area contributed by atoms with Gasteiger partial charge in [0.05, 0.1) is 11.1 Å². The normalized spacial score (nSPS) is 13.8. The van der Waals surface area contributed by atoms with E-state index in [1.54, 1.807) is 24.4 Å². The minimum absolute atomic E-state index is 0.0776. The molecule has 0 aliphatic heterocycles. The molecular weight excluding hydrogens is 419 g/mol. The van der Waals surface area contributed by atoms with Gasteiger partial charge in [-0.1, -0.05) is 18.2 Å². The van der Waals surface area contributed by atoms with Crippen molar-refractivity contribution in [2.24, 2.45) is 0 Å². The van der Waals surface area contributed by atoms with Gasteiger partial charge < -0.3 is 15.6 Å². The summed E-state index contributed by atoms with van der Waals surface area (Å²) >= 11 is 0. The van der Waals surface area contributed by atoms with Crippen LogP contribution in [-0.2, 0) is 6.18 Å². The third kappa shape index (κ3) is 4.14. The lowest BCUT2D eigenvalue weighted by Crippen LogP contribution is -2.14. The van der Waals surface area contributed by atoms with Crippen molar-refractivity contribution < 1.29 is 18.0 Å². The highest BCUT2D eigenvalue weighted by Gasteiger charge is 2.31. The number of nitrogens with zero attached hydrogens (tertiary/aromatic N) is 2. The SMILES string of the molecule is O=C(Nc1cccc(-c2nc(NC3CC3)c3[nH]ccc3n2)c1)c1cccc(C(F)(F)F)c1. The average Bonchev–Trinajstić information content (AvgIpc) is 3.46. The zero-order chi connectivity index (χ0) is 22.3. The van der Waals surface area contributed by atoms with Gasteiger partial charge in [0.1, 0.15) is 5.52 Å². The van der Waals surface area contributed by atoms with Gasteiger partial charge in [0, 0.05) is 29.1 Å². The van der Waals surface area contributed by atoms with Crippen molar-refractivity contribution in [2.45, 2.75) is 25.1 Å². The molecule has 2 aromatic heterocycles. The number of carbonyl (C=O) groups is 1. The molecule has 6 nitrogen and oxygen atoms in total. The van der Waals surface area contributed by atoms with Crippen LogP contribution in [0.1, 0.15) is 28.8 Å². The molecule has 0 bridgehead atoms. The lowest BCUT2D eigenvalue weighted by atomic mass is 10.1. The molecule has 32 heavy (non-hydrogen) atoms. The van der Waals surface area contributed by atoms with Crippen molar-refractivity contribution in [2.75, 3.05) is 10.6 Å². The molecule has 0 unspecified atom stereocenters. The highest BCUT2D eigenvalue weighted by molar-refractivity contribution is 6.04. The first-order valence-electron chi connectivity index (χ1n) is 10.1. The van der Waals surface area contributed by atoms with Gasteiger partial charge in [-0.15, -0.1) is 0 Å².